The minimum atomic E-state index is -3.99. The van der Waals surface area contributed by atoms with Crippen LogP contribution >= 0.6 is 18.2 Å². The fourth-order valence-corrected chi connectivity index (χ4v) is 1.84. The summed E-state index contributed by atoms with van der Waals surface area (Å²) >= 11 is 0.546. The van der Waals surface area contributed by atoms with Crippen molar-refractivity contribution < 1.29 is 19.1 Å². The highest BCUT2D eigenvalue weighted by molar-refractivity contribution is 8.54. The standard InChI is InChI=1S/C7H16NO4PS/c1-6(7(2,3)8)12-4-5-14-13(9,10)11/h1,4-5,8H2,2-3H3,(H2,9,10,11). The summed E-state index contributed by atoms with van der Waals surface area (Å²) in [6, 6.07) is 0. The quantitative estimate of drug-likeness (QED) is 0.366. The van der Waals surface area contributed by atoms with Gasteiger partial charge in [0.15, 0.2) is 0 Å². The number of hydrogen-bond acceptors (Lipinski definition) is 4. The third-order valence-corrected chi connectivity index (χ3v) is 3.58. The Morgan fingerprint density at radius 2 is 2.14 bits per heavy atom. The largest absolute Gasteiger partial charge is 0.496 e. The van der Waals surface area contributed by atoms with Crippen LogP contribution in [0.2, 0.25) is 0 Å². The van der Waals surface area contributed by atoms with E-state index in [0.717, 1.165) is 0 Å². The van der Waals surface area contributed by atoms with Crippen LogP contribution in [0.15, 0.2) is 12.3 Å². The van der Waals surface area contributed by atoms with Crippen LogP contribution in [0.5, 0.6) is 0 Å². The molecule has 0 unspecified atom stereocenters. The van der Waals surface area contributed by atoms with E-state index >= 15 is 0 Å². The molecule has 0 amide bonds. The van der Waals surface area contributed by atoms with Crippen LogP contribution in [-0.4, -0.2) is 27.7 Å². The average molecular weight is 241 g/mol. The third-order valence-electron chi connectivity index (χ3n) is 1.34. The van der Waals surface area contributed by atoms with Crippen molar-refractivity contribution in [2.24, 2.45) is 5.73 Å². The highest BCUT2D eigenvalue weighted by Gasteiger charge is 2.18. The van der Waals surface area contributed by atoms with E-state index in [-0.39, 0.29) is 12.4 Å². The summed E-state index contributed by atoms with van der Waals surface area (Å²) in [5.41, 5.74) is 5.03. The lowest BCUT2D eigenvalue weighted by atomic mass is 10.1. The smallest absolute Gasteiger partial charge is 0.384 e. The summed E-state index contributed by atoms with van der Waals surface area (Å²) in [6.07, 6.45) is 0. The van der Waals surface area contributed by atoms with Crippen molar-refractivity contribution in [1.29, 1.82) is 0 Å². The van der Waals surface area contributed by atoms with Crippen molar-refractivity contribution >= 4 is 18.2 Å². The summed E-state index contributed by atoms with van der Waals surface area (Å²) < 4.78 is 15.5. The molecule has 0 aliphatic rings. The van der Waals surface area contributed by atoms with E-state index in [9.17, 15) is 4.57 Å². The van der Waals surface area contributed by atoms with Gasteiger partial charge in [-0.3, -0.25) is 0 Å². The molecule has 0 rings (SSSR count). The van der Waals surface area contributed by atoms with Crippen molar-refractivity contribution in [3.8, 4) is 0 Å². The van der Waals surface area contributed by atoms with Gasteiger partial charge in [-0.1, -0.05) is 6.58 Å². The number of hydrogen-bond donors (Lipinski definition) is 3. The second kappa shape index (κ2) is 5.19. The molecule has 0 aliphatic heterocycles. The number of rotatable bonds is 6. The second-order valence-electron chi connectivity index (χ2n) is 3.32. The Kier molecular flexibility index (Phi) is 5.19. The fraction of sp³-hybridized carbons (Fsp3) is 0.714. The molecule has 0 aromatic carbocycles. The summed E-state index contributed by atoms with van der Waals surface area (Å²) in [4.78, 5) is 17.0. The Morgan fingerprint density at radius 1 is 1.64 bits per heavy atom. The first-order valence-electron chi connectivity index (χ1n) is 3.94. The maximum Gasteiger partial charge on any atom is 0.384 e. The molecule has 0 aromatic heterocycles. The van der Waals surface area contributed by atoms with Crippen molar-refractivity contribution in [1.82, 2.24) is 0 Å². The van der Waals surface area contributed by atoms with Gasteiger partial charge < -0.3 is 20.3 Å². The minimum absolute atomic E-state index is 0.190. The molecule has 0 spiro atoms. The predicted octanol–water partition coefficient (Wildman–Crippen LogP) is 1.08. The number of nitrogens with two attached hydrogens (primary N) is 1. The normalized spacial score (nSPS) is 12.6. The zero-order valence-corrected chi connectivity index (χ0v) is 9.98. The van der Waals surface area contributed by atoms with Crippen molar-refractivity contribution in [2.45, 2.75) is 19.4 Å². The SMILES string of the molecule is C=C(OCCSP(=O)(O)O)C(C)(C)N. The first-order chi connectivity index (χ1) is 6.13. The molecule has 7 heteroatoms. The monoisotopic (exact) mass is 241 g/mol. The van der Waals surface area contributed by atoms with Crippen molar-refractivity contribution in [3.63, 3.8) is 0 Å². The van der Waals surface area contributed by atoms with E-state index in [1.54, 1.807) is 13.8 Å². The second-order valence-corrected chi connectivity index (χ2v) is 7.17. The zero-order chi connectivity index (χ0) is 11.4. The van der Waals surface area contributed by atoms with E-state index in [4.69, 9.17) is 20.3 Å². The lowest BCUT2D eigenvalue weighted by molar-refractivity contribution is 0.192. The maximum absolute atomic E-state index is 10.4. The van der Waals surface area contributed by atoms with Gasteiger partial charge in [-0.25, -0.2) is 4.57 Å². The van der Waals surface area contributed by atoms with Crippen LogP contribution in [0.25, 0.3) is 0 Å². The van der Waals surface area contributed by atoms with Crippen LogP contribution in [0.4, 0.5) is 0 Å². The summed E-state index contributed by atoms with van der Waals surface area (Å²) in [5.74, 6) is 0.614. The molecule has 0 fully saturated rings. The minimum Gasteiger partial charge on any atom is -0.496 e. The molecule has 0 saturated heterocycles. The van der Waals surface area contributed by atoms with Crippen molar-refractivity contribution in [3.05, 3.63) is 12.3 Å². The molecule has 0 radical (unpaired) electrons. The van der Waals surface area contributed by atoms with Gasteiger partial charge in [0.2, 0.25) is 0 Å². The molecule has 0 atom stereocenters. The fourth-order valence-electron chi connectivity index (χ4n) is 0.507. The first-order valence-corrected chi connectivity index (χ1v) is 7.14. The zero-order valence-electron chi connectivity index (χ0n) is 8.27. The Bertz CT molecular complexity index is 245. The molecule has 0 saturated carbocycles. The van der Waals surface area contributed by atoms with E-state index in [1.165, 1.54) is 0 Å². The molecule has 84 valence electrons. The molecule has 0 bridgehead atoms. The Morgan fingerprint density at radius 3 is 2.50 bits per heavy atom. The van der Waals surface area contributed by atoms with Gasteiger partial charge in [-0.15, -0.1) is 0 Å². The van der Waals surface area contributed by atoms with Crippen molar-refractivity contribution in [2.75, 3.05) is 12.4 Å². The maximum atomic E-state index is 10.4. The molecular formula is C7H16NO4PS. The molecule has 14 heavy (non-hydrogen) atoms. The van der Waals surface area contributed by atoms with Crippen LogP contribution in [-0.2, 0) is 9.30 Å². The summed E-state index contributed by atoms with van der Waals surface area (Å²) in [5, 5.41) is 0. The van der Waals surface area contributed by atoms with Gasteiger partial charge in [0.05, 0.1) is 12.1 Å². The number of ether oxygens (including phenoxy) is 1. The molecular weight excluding hydrogens is 225 g/mol. The third kappa shape index (κ3) is 7.41. The highest BCUT2D eigenvalue weighted by atomic mass is 32.7. The van der Waals surface area contributed by atoms with Crippen LogP contribution in [0, 0.1) is 0 Å². The van der Waals surface area contributed by atoms with E-state index in [0.29, 0.717) is 17.1 Å². The van der Waals surface area contributed by atoms with Gasteiger partial charge in [0, 0.05) is 5.75 Å². The van der Waals surface area contributed by atoms with Gasteiger partial charge in [0.25, 0.3) is 0 Å². The van der Waals surface area contributed by atoms with E-state index in [2.05, 4.69) is 6.58 Å². The Hall–Kier alpha value is -0.0000000000000000694. The van der Waals surface area contributed by atoms with E-state index in [1.807, 2.05) is 0 Å². The van der Waals surface area contributed by atoms with E-state index < -0.39 is 12.3 Å². The van der Waals surface area contributed by atoms with Gasteiger partial charge >= 0.3 is 6.80 Å². The average Bonchev–Trinajstić information content (AvgIpc) is 1.93. The molecule has 0 aromatic rings. The van der Waals surface area contributed by atoms with Gasteiger partial charge in [0.1, 0.15) is 5.76 Å². The van der Waals surface area contributed by atoms with Crippen LogP contribution in [0.3, 0.4) is 0 Å². The van der Waals surface area contributed by atoms with Crippen LogP contribution < -0.4 is 5.73 Å². The van der Waals surface area contributed by atoms with Crippen LogP contribution in [0.1, 0.15) is 13.8 Å². The molecule has 4 N–H and O–H groups in total. The topological polar surface area (TPSA) is 92.8 Å². The lowest BCUT2D eigenvalue weighted by Crippen LogP contribution is -2.35. The first kappa shape index (κ1) is 14.0. The Labute approximate surface area is 87.6 Å². The van der Waals surface area contributed by atoms with Gasteiger partial charge in [-0.2, -0.15) is 0 Å². The van der Waals surface area contributed by atoms with Gasteiger partial charge in [-0.05, 0) is 25.2 Å². The molecule has 0 aliphatic carbocycles. The Balaban J connectivity index is 3.67. The molecule has 5 nitrogen and oxygen atoms in total. The lowest BCUT2D eigenvalue weighted by Gasteiger charge is -2.21. The summed E-state index contributed by atoms with van der Waals surface area (Å²) in [7, 11) is 0. The predicted molar refractivity (Wildman–Crippen MR) is 57.9 cm³/mol. The highest BCUT2D eigenvalue weighted by Crippen LogP contribution is 2.49. The summed E-state index contributed by atoms with van der Waals surface area (Å²) in [6.45, 7) is 3.29. The molecule has 0 heterocycles.